The minimum Gasteiger partial charge on any atom is -0.507 e. The highest BCUT2D eigenvalue weighted by atomic mass is 35.5. The van der Waals surface area contributed by atoms with Gasteiger partial charge in [-0.2, -0.15) is 0 Å². The van der Waals surface area contributed by atoms with Crippen molar-refractivity contribution in [2.45, 2.75) is 52.6 Å². The van der Waals surface area contributed by atoms with E-state index in [1.807, 2.05) is 32.9 Å². The van der Waals surface area contributed by atoms with Crippen molar-refractivity contribution in [1.29, 1.82) is 5.41 Å². The van der Waals surface area contributed by atoms with Gasteiger partial charge in [0.05, 0.1) is 0 Å². The molecule has 0 saturated carbocycles. The number of phenols is 1. The van der Waals surface area contributed by atoms with Gasteiger partial charge in [0, 0.05) is 30.3 Å². The van der Waals surface area contributed by atoms with Gasteiger partial charge in [-0.25, -0.2) is 0 Å². The summed E-state index contributed by atoms with van der Waals surface area (Å²) in [6.45, 7) is 8.41. The average molecular weight is 473 g/mol. The molecule has 1 atom stereocenters. The van der Waals surface area contributed by atoms with E-state index in [-0.39, 0.29) is 29.9 Å². The van der Waals surface area contributed by atoms with Crippen molar-refractivity contribution >= 4 is 36.0 Å². The Balaban J connectivity index is 0.00000385. The lowest BCUT2D eigenvalue weighted by atomic mass is 9.85. The summed E-state index contributed by atoms with van der Waals surface area (Å²) in [5, 5.41) is 23.2. The van der Waals surface area contributed by atoms with E-state index in [0.717, 1.165) is 52.1 Å². The van der Waals surface area contributed by atoms with Crippen LogP contribution in [0.5, 0.6) is 11.5 Å². The predicted molar refractivity (Wildman–Crippen MR) is 136 cm³/mol. The zero-order valence-electron chi connectivity index (χ0n) is 19.5. The van der Waals surface area contributed by atoms with E-state index >= 15 is 0 Å². The molecule has 33 heavy (non-hydrogen) atoms. The standard InChI is InChI=1S/C25H32N4O3.ClH/c1-15-16(2)23-20(17(3)22(15)31)11-12-25(4,32-23)13-14-28-21(30)10-7-18-5-8-19(9-6-18)29-24(26)27;/h5-10,31H,11-14H2,1-4H3,(H,28,30)(H4,26,27,29);1H/b10-7+;. The predicted octanol–water partition coefficient (Wildman–Crippen LogP) is 4.35. The number of guanidine groups is 1. The summed E-state index contributed by atoms with van der Waals surface area (Å²) in [7, 11) is 0. The summed E-state index contributed by atoms with van der Waals surface area (Å²) in [5.74, 6) is 0.951. The molecular weight excluding hydrogens is 440 g/mol. The van der Waals surface area contributed by atoms with Crippen LogP contribution in [0.1, 0.15) is 47.6 Å². The van der Waals surface area contributed by atoms with Crippen LogP contribution in [0.25, 0.3) is 6.08 Å². The Morgan fingerprint density at radius 3 is 2.52 bits per heavy atom. The molecule has 1 aliphatic heterocycles. The number of hydrogen-bond acceptors (Lipinski definition) is 4. The summed E-state index contributed by atoms with van der Waals surface area (Å²) in [4.78, 5) is 12.2. The highest BCUT2D eigenvalue weighted by Gasteiger charge is 2.34. The van der Waals surface area contributed by atoms with Crippen molar-refractivity contribution in [2.24, 2.45) is 5.73 Å². The molecule has 6 N–H and O–H groups in total. The van der Waals surface area contributed by atoms with Crippen LogP contribution in [-0.2, 0) is 11.2 Å². The number of ether oxygens (including phenoxy) is 1. The molecule has 1 amide bonds. The summed E-state index contributed by atoms with van der Waals surface area (Å²) in [6, 6.07) is 7.27. The second kappa shape index (κ2) is 10.6. The molecule has 1 heterocycles. The summed E-state index contributed by atoms with van der Waals surface area (Å²) in [6.07, 6.45) is 5.61. The molecule has 0 bridgehead atoms. The van der Waals surface area contributed by atoms with E-state index in [0.29, 0.717) is 18.7 Å². The summed E-state index contributed by atoms with van der Waals surface area (Å²) < 4.78 is 6.41. The average Bonchev–Trinajstić information content (AvgIpc) is 2.75. The Morgan fingerprint density at radius 2 is 1.88 bits per heavy atom. The van der Waals surface area contributed by atoms with Crippen molar-refractivity contribution in [3.63, 3.8) is 0 Å². The number of anilines is 1. The van der Waals surface area contributed by atoms with Gasteiger partial charge in [0.2, 0.25) is 5.91 Å². The Morgan fingerprint density at radius 1 is 1.21 bits per heavy atom. The second-order valence-electron chi connectivity index (χ2n) is 8.62. The number of halogens is 1. The number of phenolic OH excluding ortho intramolecular Hbond substituents is 1. The maximum Gasteiger partial charge on any atom is 0.244 e. The smallest absolute Gasteiger partial charge is 0.244 e. The van der Waals surface area contributed by atoms with Gasteiger partial charge in [0.15, 0.2) is 5.96 Å². The van der Waals surface area contributed by atoms with Gasteiger partial charge >= 0.3 is 0 Å². The van der Waals surface area contributed by atoms with E-state index in [9.17, 15) is 9.90 Å². The topological polar surface area (TPSA) is 120 Å². The SMILES string of the molecule is Cc1c(C)c2c(c(C)c1O)CCC(C)(CCNC(=O)/C=C/c1ccc(NC(=N)N)cc1)O2.Cl. The summed E-state index contributed by atoms with van der Waals surface area (Å²) >= 11 is 0. The number of aromatic hydroxyl groups is 1. The zero-order chi connectivity index (χ0) is 23.5. The molecule has 3 rings (SSSR count). The van der Waals surface area contributed by atoms with Crippen LogP contribution in [0.2, 0.25) is 0 Å². The van der Waals surface area contributed by atoms with Crippen molar-refractivity contribution in [1.82, 2.24) is 5.32 Å². The maximum absolute atomic E-state index is 12.2. The molecule has 2 aromatic carbocycles. The molecule has 2 aromatic rings. The van der Waals surface area contributed by atoms with E-state index in [2.05, 4.69) is 17.6 Å². The van der Waals surface area contributed by atoms with Crippen LogP contribution in [0.3, 0.4) is 0 Å². The van der Waals surface area contributed by atoms with Gasteiger partial charge in [-0.1, -0.05) is 12.1 Å². The molecule has 1 aliphatic rings. The highest BCUT2D eigenvalue weighted by Crippen LogP contribution is 2.43. The van der Waals surface area contributed by atoms with Crippen LogP contribution in [0.4, 0.5) is 5.69 Å². The Labute approximate surface area is 201 Å². The molecule has 7 nitrogen and oxygen atoms in total. The summed E-state index contributed by atoms with van der Waals surface area (Å²) in [5.41, 5.74) is 10.3. The molecule has 0 radical (unpaired) electrons. The van der Waals surface area contributed by atoms with Crippen LogP contribution in [0.15, 0.2) is 30.3 Å². The van der Waals surface area contributed by atoms with Crippen LogP contribution in [0, 0.1) is 26.2 Å². The molecule has 8 heteroatoms. The fraction of sp³-hybridized carbons (Fsp3) is 0.360. The number of amides is 1. The van der Waals surface area contributed by atoms with E-state index < -0.39 is 0 Å². The monoisotopic (exact) mass is 472 g/mol. The lowest BCUT2D eigenvalue weighted by molar-refractivity contribution is -0.116. The Kier molecular flexibility index (Phi) is 8.39. The minimum atomic E-state index is -0.371. The number of carbonyl (C=O) groups excluding carboxylic acids is 1. The molecule has 0 aliphatic carbocycles. The first kappa shape index (κ1) is 26.1. The highest BCUT2D eigenvalue weighted by molar-refractivity contribution is 5.92. The first-order valence-electron chi connectivity index (χ1n) is 10.8. The number of hydrogen-bond donors (Lipinski definition) is 5. The van der Waals surface area contributed by atoms with Gasteiger partial charge in [0.1, 0.15) is 17.1 Å². The molecule has 0 saturated heterocycles. The minimum absolute atomic E-state index is 0. The number of nitrogens with two attached hydrogens (primary N) is 1. The van der Waals surface area contributed by atoms with Crippen molar-refractivity contribution in [3.05, 3.63) is 58.2 Å². The van der Waals surface area contributed by atoms with Crippen molar-refractivity contribution in [3.8, 4) is 11.5 Å². The number of benzene rings is 2. The van der Waals surface area contributed by atoms with E-state index in [1.54, 1.807) is 18.2 Å². The zero-order valence-corrected chi connectivity index (χ0v) is 20.4. The fourth-order valence-electron chi connectivity index (χ4n) is 3.98. The number of fused-ring (bicyclic) bond motifs is 1. The first-order valence-corrected chi connectivity index (χ1v) is 10.8. The molecule has 0 spiro atoms. The fourth-order valence-corrected chi connectivity index (χ4v) is 3.98. The normalized spacial score (nSPS) is 17.0. The molecular formula is C25H33ClN4O3. The van der Waals surface area contributed by atoms with Gasteiger partial charge in [-0.05, 0) is 81.0 Å². The third-order valence-corrected chi connectivity index (χ3v) is 6.16. The lowest BCUT2D eigenvalue weighted by Crippen LogP contribution is -2.40. The first-order chi connectivity index (χ1) is 15.1. The molecule has 0 aromatic heterocycles. The Bertz CT molecular complexity index is 1070. The number of rotatable bonds is 6. The molecule has 178 valence electrons. The number of nitrogens with one attached hydrogen (secondary N) is 3. The Hall–Kier alpha value is -3.19. The van der Waals surface area contributed by atoms with Crippen LogP contribution in [-0.4, -0.2) is 29.1 Å². The molecule has 1 unspecified atom stereocenters. The van der Waals surface area contributed by atoms with Gasteiger partial charge in [-0.15, -0.1) is 12.4 Å². The van der Waals surface area contributed by atoms with Crippen molar-refractivity contribution < 1.29 is 14.6 Å². The third-order valence-electron chi connectivity index (χ3n) is 6.16. The number of carbonyl (C=O) groups is 1. The van der Waals surface area contributed by atoms with Gasteiger partial charge < -0.3 is 26.2 Å². The van der Waals surface area contributed by atoms with Crippen LogP contribution >= 0.6 is 12.4 Å². The van der Waals surface area contributed by atoms with Crippen LogP contribution < -0.4 is 21.1 Å². The lowest BCUT2D eigenvalue weighted by Gasteiger charge is -2.38. The quantitative estimate of drug-likeness (QED) is 0.243. The maximum atomic E-state index is 12.2. The third kappa shape index (κ3) is 6.20. The second-order valence-corrected chi connectivity index (χ2v) is 8.62. The van der Waals surface area contributed by atoms with E-state index in [4.69, 9.17) is 15.9 Å². The molecule has 0 fully saturated rings. The van der Waals surface area contributed by atoms with Crippen molar-refractivity contribution in [2.75, 3.05) is 11.9 Å². The van der Waals surface area contributed by atoms with E-state index in [1.165, 1.54) is 6.08 Å². The largest absolute Gasteiger partial charge is 0.507 e. The van der Waals surface area contributed by atoms with Gasteiger partial charge in [0.25, 0.3) is 0 Å². The van der Waals surface area contributed by atoms with Gasteiger partial charge in [-0.3, -0.25) is 10.2 Å².